The summed E-state index contributed by atoms with van der Waals surface area (Å²) < 4.78 is 2.10. The topological polar surface area (TPSA) is 28.4 Å². The van der Waals surface area contributed by atoms with E-state index in [1.54, 1.807) is 0 Å². The van der Waals surface area contributed by atoms with E-state index < -0.39 is 0 Å². The van der Waals surface area contributed by atoms with E-state index in [1.165, 1.54) is 24.9 Å². The average molecular weight is 222 g/mol. The predicted octanol–water partition coefficient (Wildman–Crippen LogP) is 1.62. The summed E-state index contributed by atoms with van der Waals surface area (Å²) in [6.07, 6.45) is 7.81. The number of likely N-dealkylation sites (tertiary alicyclic amines) is 1. The fraction of sp³-hybridized carbons (Fsp3) is 0.692. The molecule has 1 N–H and O–H groups in total. The summed E-state index contributed by atoms with van der Waals surface area (Å²) in [6, 6.07) is 2.19. The first kappa shape index (κ1) is 11.7. The summed E-state index contributed by atoms with van der Waals surface area (Å²) in [7, 11) is 2.06. The molecule has 0 aliphatic carbocycles. The maximum Gasteiger partial charge on any atom is 0.0434 e. The monoisotopic (exact) mass is 222 g/mol. The SMILES string of the molecule is Cn1ccc(CN2CCCC(CCO)C2)c1. The fourth-order valence-corrected chi connectivity index (χ4v) is 2.63. The number of aromatic nitrogens is 1. The maximum atomic E-state index is 8.98. The average Bonchev–Trinajstić information content (AvgIpc) is 2.65. The van der Waals surface area contributed by atoms with Crippen LogP contribution in [0.15, 0.2) is 18.5 Å². The Balaban J connectivity index is 1.85. The Kier molecular flexibility index (Phi) is 4.02. The van der Waals surface area contributed by atoms with Gasteiger partial charge in [0.2, 0.25) is 0 Å². The molecule has 2 heterocycles. The highest BCUT2D eigenvalue weighted by Gasteiger charge is 2.19. The zero-order valence-corrected chi connectivity index (χ0v) is 10.1. The van der Waals surface area contributed by atoms with Crippen molar-refractivity contribution in [2.45, 2.75) is 25.8 Å². The number of piperidine rings is 1. The molecule has 1 fully saturated rings. The maximum absolute atomic E-state index is 8.98. The van der Waals surface area contributed by atoms with Crippen LogP contribution in [0.3, 0.4) is 0 Å². The number of aliphatic hydroxyl groups is 1. The van der Waals surface area contributed by atoms with Gasteiger partial charge in [-0.1, -0.05) is 0 Å². The van der Waals surface area contributed by atoms with Gasteiger partial charge in [-0.05, 0) is 43.4 Å². The molecule has 1 unspecified atom stereocenters. The molecular formula is C13H22N2O. The van der Waals surface area contributed by atoms with Gasteiger partial charge in [-0.15, -0.1) is 0 Å². The first-order valence-electron chi connectivity index (χ1n) is 6.22. The molecule has 0 amide bonds. The summed E-state index contributed by atoms with van der Waals surface area (Å²) in [6.45, 7) is 3.75. The first-order valence-corrected chi connectivity index (χ1v) is 6.22. The molecule has 16 heavy (non-hydrogen) atoms. The molecule has 0 radical (unpaired) electrons. The Bertz CT molecular complexity index is 319. The standard InChI is InChI=1S/C13H22N2O/c1-14-7-4-13(9-14)11-15-6-2-3-12(10-15)5-8-16/h4,7,9,12,16H,2-3,5-6,8,10-11H2,1H3. The number of nitrogens with zero attached hydrogens (tertiary/aromatic N) is 2. The van der Waals surface area contributed by atoms with Gasteiger partial charge in [0.1, 0.15) is 0 Å². The van der Waals surface area contributed by atoms with E-state index in [1.807, 2.05) is 0 Å². The lowest BCUT2D eigenvalue weighted by Crippen LogP contribution is -2.35. The van der Waals surface area contributed by atoms with Crippen molar-refractivity contribution in [3.05, 3.63) is 24.0 Å². The predicted molar refractivity (Wildman–Crippen MR) is 65.1 cm³/mol. The summed E-state index contributed by atoms with van der Waals surface area (Å²) in [5.41, 5.74) is 1.40. The number of aliphatic hydroxyl groups excluding tert-OH is 1. The smallest absolute Gasteiger partial charge is 0.0434 e. The van der Waals surface area contributed by atoms with Gasteiger partial charge in [-0.2, -0.15) is 0 Å². The third-order valence-corrected chi connectivity index (χ3v) is 3.44. The van der Waals surface area contributed by atoms with Gasteiger partial charge in [-0.25, -0.2) is 0 Å². The van der Waals surface area contributed by atoms with Crippen LogP contribution in [0, 0.1) is 5.92 Å². The van der Waals surface area contributed by atoms with Crippen LogP contribution in [0.25, 0.3) is 0 Å². The lowest BCUT2D eigenvalue weighted by Gasteiger charge is -2.32. The van der Waals surface area contributed by atoms with Crippen LogP contribution < -0.4 is 0 Å². The zero-order chi connectivity index (χ0) is 11.4. The highest BCUT2D eigenvalue weighted by molar-refractivity contribution is 5.09. The quantitative estimate of drug-likeness (QED) is 0.838. The Morgan fingerprint density at radius 3 is 3.06 bits per heavy atom. The van der Waals surface area contributed by atoms with Gasteiger partial charge in [0.25, 0.3) is 0 Å². The van der Waals surface area contributed by atoms with Crippen LogP contribution in [0.1, 0.15) is 24.8 Å². The van der Waals surface area contributed by atoms with Crippen LogP contribution in [-0.2, 0) is 13.6 Å². The molecule has 1 aromatic rings. The van der Waals surface area contributed by atoms with E-state index >= 15 is 0 Å². The summed E-state index contributed by atoms with van der Waals surface area (Å²) in [5.74, 6) is 0.697. The van der Waals surface area contributed by atoms with Crippen LogP contribution in [0.4, 0.5) is 0 Å². The van der Waals surface area contributed by atoms with Crippen molar-refractivity contribution in [2.75, 3.05) is 19.7 Å². The molecule has 0 aromatic carbocycles. The fourth-order valence-electron chi connectivity index (χ4n) is 2.63. The van der Waals surface area contributed by atoms with Crippen molar-refractivity contribution in [1.82, 2.24) is 9.47 Å². The van der Waals surface area contributed by atoms with Crippen LogP contribution >= 0.6 is 0 Å². The molecule has 2 rings (SSSR count). The molecule has 3 nitrogen and oxygen atoms in total. The molecule has 90 valence electrons. The highest BCUT2D eigenvalue weighted by atomic mass is 16.3. The molecule has 1 atom stereocenters. The van der Waals surface area contributed by atoms with E-state index in [0.717, 1.165) is 19.5 Å². The minimum atomic E-state index is 0.337. The third kappa shape index (κ3) is 3.09. The van der Waals surface area contributed by atoms with Gasteiger partial charge >= 0.3 is 0 Å². The van der Waals surface area contributed by atoms with Crippen LogP contribution in [0.2, 0.25) is 0 Å². The largest absolute Gasteiger partial charge is 0.396 e. The van der Waals surface area contributed by atoms with Crippen LogP contribution in [0.5, 0.6) is 0 Å². The Labute approximate surface area is 97.7 Å². The summed E-state index contributed by atoms with van der Waals surface area (Å²) >= 11 is 0. The second-order valence-corrected chi connectivity index (χ2v) is 4.94. The highest BCUT2D eigenvalue weighted by Crippen LogP contribution is 2.20. The first-order chi connectivity index (χ1) is 7.78. The normalized spacial score (nSPS) is 22.5. The molecular weight excluding hydrogens is 200 g/mol. The van der Waals surface area contributed by atoms with Gasteiger partial charge in [0, 0.05) is 39.1 Å². The molecule has 1 aromatic heterocycles. The van der Waals surface area contributed by atoms with Crippen molar-refractivity contribution in [3.63, 3.8) is 0 Å². The zero-order valence-electron chi connectivity index (χ0n) is 10.1. The summed E-state index contributed by atoms with van der Waals surface area (Å²) in [4.78, 5) is 2.51. The van der Waals surface area contributed by atoms with Gasteiger partial charge in [0.15, 0.2) is 0 Å². The van der Waals surface area contributed by atoms with E-state index in [0.29, 0.717) is 12.5 Å². The molecule has 1 aliphatic rings. The second kappa shape index (κ2) is 5.51. The Morgan fingerprint density at radius 2 is 2.38 bits per heavy atom. The molecule has 1 saturated heterocycles. The lowest BCUT2D eigenvalue weighted by atomic mass is 9.95. The van der Waals surface area contributed by atoms with E-state index in [-0.39, 0.29) is 0 Å². The van der Waals surface area contributed by atoms with Crippen molar-refractivity contribution < 1.29 is 5.11 Å². The number of rotatable bonds is 4. The van der Waals surface area contributed by atoms with Crippen molar-refractivity contribution in [2.24, 2.45) is 13.0 Å². The van der Waals surface area contributed by atoms with Gasteiger partial charge in [-0.3, -0.25) is 4.90 Å². The number of hydrogen-bond donors (Lipinski definition) is 1. The minimum absolute atomic E-state index is 0.337. The van der Waals surface area contributed by atoms with Crippen molar-refractivity contribution in [1.29, 1.82) is 0 Å². The van der Waals surface area contributed by atoms with E-state index in [2.05, 4.69) is 35.0 Å². The molecule has 0 spiro atoms. The molecule has 3 heteroatoms. The van der Waals surface area contributed by atoms with Crippen molar-refractivity contribution >= 4 is 0 Å². The minimum Gasteiger partial charge on any atom is -0.396 e. The Morgan fingerprint density at radius 1 is 1.50 bits per heavy atom. The number of aryl methyl sites for hydroxylation is 1. The Hall–Kier alpha value is -0.800. The molecule has 0 bridgehead atoms. The van der Waals surface area contributed by atoms with Gasteiger partial charge < -0.3 is 9.67 Å². The lowest BCUT2D eigenvalue weighted by molar-refractivity contribution is 0.142. The van der Waals surface area contributed by atoms with Crippen LogP contribution in [-0.4, -0.2) is 34.3 Å². The van der Waals surface area contributed by atoms with E-state index in [9.17, 15) is 0 Å². The van der Waals surface area contributed by atoms with Gasteiger partial charge in [0.05, 0.1) is 0 Å². The number of hydrogen-bond acceptors (Lipinski definition) is 2. The summed E-state index contributed by atoms with van der Waals surface area (Å²) in [5, 5.41) is 8.98. The van der Waals surface area contributed by atoms with Crippen molar-refractivity contribution in [3.8, 4) is 0 Å². The van der Waals surface area contributed by atoms with E-state index in [4.69, 9.17) is 5.11 Å². The third-order valence-electron chi connectivity index (χ3n) is 3.44. The molecule has 0 saturated carbocycles. The second-order valence-electron chi connectivity index (χ2n) is 4.94. The molecule has 1 aliphatic heterocycles.